The summed E-state index contributed by atoms with van der Waals surface area (Å²) < 4.78 is 4.57. The van der Waals surface area contributed by atoms with E-state index in [1.165, 1.54) is 13.2 Å². The van der Waals surface area contributed by atoms with Gasteiger partial charge in [0.05, 0.1) is 12.8 Å². The van der Waals surface area contributed by atoms with Crippen LogP contribution >= 0.6 is 0 Å². The number of nitrogens with zero attached hydrogens (tertiary/aromatic N) is 4. The number of hydrogen-bond acceptors (Lipinski definition) is 10. The summed E-state index contributed by atoms with van der Waals surface area (Å²) in [5, 5.41) is 23.6. The van der Waals surface area contributed by atoms with Gasteiger partial charge in [-0.1, -0.05) is 24.3 Å². The lowest BCUT2D eigenvalue weighted by Crippen LogP contribution is -2.32. The number of ether oxygens (including phenoxy) is 1. The minimum atomic E-state index is -0.624. The standard InChI is InChI=1S/C19H16N8O2/c1-29-13(28)7-4-10-2-5-11(6-3-10)16-14-15(22)12(8-20)17(23)26-18(14)27-19(25-16)24-9-21/h2-7,16H,1H3,(H6,22,23,24,25,26,27). The number of fused-ring (bicyclic) bond motifs is 1. The molecule has 0 amide bonds. The number of aromatic nitrogens is 1. The summed E-state index contributed by atoms with van der Waals surface area (Å²) in [6, 6.07) is 8.50. The minimum absolute atomic E-state index is 0.0171. The first-order chi connectivity index (χ1) is 14.0. The van der Waals surface area contributed by atoms with Gasteiger partial charge in [-0.3, -0.25) is 5.32 Å². The number of nitrogen functional groups attached to an aromatic ring is 2. The van der Waals surface area contributed by atoms with E-state index in [0.717, 1.165) is 11.1 Å². The smallest absolute Gasteiger partial charge is 0.330 e. The first-order valence-electron chi connectivity index (χ1n) is 8.33. The summed E-state index contributed by atoms with van der Waals surface area (Å²) in [6.07, 6.45) is 4.72. The number of benzene rings is 1. The largest absolute Gasteiger partial charge is 0.466 e. The minimum Gasteiger partial charge on any atom is -0.466 e. The van der Waals surface area contributed by atoms with Crippen molar-refractivity contribution < 1.29 is 9.53 Å². The van der Waals surface area contributed by atoms with E-state index in [1.807, 2.05) is 6.07 Å². The summed E-state index contributed by atoms with van der Waals surface area (Å²) in [5.74, 6) is 0.0113. The molecule has 1 aromatic heterocycles. The molecule has 10 heteroatoms. The molecule has 2 heterocycles. The van der Waals surface area contributed by atoms with Crippen LogP contribution in [-0.2, 0) is 9.53 Å². The maximum atomic E-state index is 11.2. The topological polar surface area (TPSA) is 175 Å². The first kappa shape index (κ1) is 19.2. The third-order valence-corrected chi connectivity index (χ3v) is 4.22. The average Bonchev–Trinajstić information content (AvgIpc) is 2.72. The molecular weight excluding hydrogens is 372 g/mol. The van der Waals surface area contributed by atoms with Gasteiger partial charge in [0.15, 0.2) is 6.19 Å². The molecule has 2 aromatic rings. The molecule has 0 aliphatic carbocycles. The molecule has 1 aromatic carbocycles. The molecular formula is C19H16N8O2. The van der Waals surface area contributed by atoms with Crippen LogP contribution in [0.5, 0.6) is 0 Å². The normalized spacial score (nSPS) is 14.7. The monoisotopic (exact) mass is 388 g/mol. The van der Waals surface area contributed by atoms with E-state index in [-0.39, 0.29) is 23.0 Å². The molecule has 0 fully saturated rings. The van der Waals surface area contributed by atoms with E-state index in [9.17, 15) is 10.1 Å². The van der Waals surface area contributed by atoms with Crippen LogP contribution in [0.15, 0.2) is 35.3 Å². The van der Waals surface area contributed by atoms with Crippen LogP contribution in [0.1, 0.15) is 28.3 Å². The Morgan fingerprint density at radius 2 is 2.03 bits per heavy atom. The zero-order valence-corrected chi connectivity index (χ0v) is 15.3. The maximum absolute atomic E-state index is 11.2. The highest BCUT2D eigenvalue weighted by atomic mass is 16.5. The maximum Gasteiger partial charge on any atom is 0.330 e. The number of guanidine groups is 1. The molecule has 1 unspecified atom stereocenters. The van der Waals surface area contributed by atoms with E-state index in [1.54, 1.807) is 36.5 Å². The Bertz CT molecular complexity index is 1110. The summed E-state index contributed by atoms with van der Waals surface area (Å²) in [5.41, 5.74) is 14.2. The number of pyridine rings is 1. The number of carbonyl (C=O) groups excluding carboxylic acids is 1. The molecule has 1 atom stereocenters. The highest BCUT2D eigenvalue weighted by Gasteiger charge is 2.29. The van der Waals surface area contributed by atoms with Crippen molar-refractivity contribution in [3.05, 3.63) is 52.6 Å². The fourth-order valence-corrected chi connectivity index (χ4v) is 2.84. The number of nitriles is 2. The molecule has 0 saturated heterocycles. The molecule has 0 radical (unpaired) electrons. The molecule has 0 saturated carbocycles. The Hall–Kier alpha value is -4.57. The van der Waals surface area contributed by atoms with Crippen molar-refractivity contribution in [1.29, 1.82) is 10.5 Å². The molecule has 144 valence electrons. The number of anilines is 3. The molecule has 10 nitrogen and oxygen atoms in total. The van der Waals surface area contributed by atoms with E-state index in [0.29, 0.717) is 11.4 Å². The van der Waals surface area contributed by atoms with Crippen LogP contribution in [0.2, 0.25) is 0 Å². The molecule has 0 bridgehead atoms. The van der Waals surface area contributed by atoms with E-state index in [2.05, 4.69) is 25.3 Å². The number of carbonyl (C=O) groups is 1. The van der Waals surface area contributed by atoms with E-state index in [4.69, 9.17) is 16.7 Å². The van der Waals surface area contributed by atoms with Crippen LogP contribution in [0.3, 0.4) is 0 Å². The van der Waals surface area contributed by atoms with Crippen molar-refractivity contribution in [2.75, 3.05) is 23.9 Å². The fourth-order valence-electron chi connectivity index (χ4n) is 2.84. The molecule has 0 spiro atoms. The Morgan fingerprint density at radius 3 is 2.66 bits per heavy atom. The van der Waals surface area contributed by atoms with Crippen LogP contribution in [0, 0.1) is 22.8 Å². The molecule has 6 N–H and O–H groups in total. The van der Waals surface area contributed by atoms with Gasteiger partial charge in [-0.2, -0.15) is 10.5 Å². The molecule has 3 rings (SSSR count). The first-order valence-corrected chi connectivity index (χ1v) is 8.33. The van der Waals surface area contributed by atoms with E-state index >= 15 is 0 Å². The highest BCUT2D eigenvalue weighted by Crippen LogP contribution is 2.40. The number of aliphatic imine (C=N–C) groups is 1. The lowest BCUT2D eigenvalue weighted by molar-refractivity contribution is -0.134. The fraction of sp³-hybridized carbons (Fsp3) is 0.105. The van der Waals surface area contributed by atoms with Gasteiger partial charge in [0.2, 0.25) is 5.96 Å². The van der Waals surface area contributed by atoms with Gasteiger partial charge in [-0.05, 0) is 17.2 Å². The summed E-state index contributed by atoms with van der Waals surface area (Å²) in [7, 11) is 1.30. The second-order valence-electron chi connectivity index (χ2n) is 5.93. The second-order valence-corrected chi connectivity index (χ2v) is 5.93. The number of esters is 1. The summed E-state index contributed by atoms with van der Waals surface area (Å²) in [4.78, 5) is 19.9. The zero-order valence-electron chi connectivity index (χ0n) is 15.3. The van der Waals surface area contributed by atoms with Crippen LogP contribution in [0.4, 0.5) is 17.3 Å². The number of hydrogen-bond donors (Lipinski definition) is 4. The quantitative estimate of drug-likeness (QED) is 0.261. The Kier molecular flexibility index (Phi) is 5.28. The predicted molar refractivity (Wildman–Crippen MR) is 107 cm³/mol. The Labute approximate surface area is 166 Å². The lowest BCUT2D eigenvalue weighted by Gasteiger charge is -2.26. The highest BCUT2D eigenvalue weighted by molar-refractivity contribution is 5.98. The van der Waals surface area contributed by atoms with E-state index < -0.39 is 12.0 Å². The number of nitrogens with one attached hydrogen (secondary N) is 2. The van der Waals surface area contributed by atoms with Gasteiger partial charge < -0.3 is 21.5 Å². The lowest BCUT2D eigenvalue weighted by atomic mass is 9.94. The van der Waals surface area contributed by atoms with Gasteiger partial charge >= 0.3 is 5.97 Å². The van der Waals surface area contributed by atoms with Crippen molar-refractivity contribution in [2.45, 2.75) is 6.04 Å². The summed E-state index contributed by atoms with van der Waals surface area (Å²) >= 11 is 0. The number of methoxy groups -OCH3 is 1. The number of nitrogens with two attached hydrogens (primary N) is 2. The van der Waals surface area contributed by atoms with Crippen molar-refractivity contribution in [1.82, 2.24) is 10.3 Å². The Morgan fingerprint density at radius 1 is 1.31 bits per heavy atom. The Balaban J connectivity index is 2.07. The van der Waals surface area contributed by atoms with Gasteiger partial charge in [0, 0.05) is 11.6 Å². The summed E-state index contributed by atoms with van der Waals surface area (Å²) in [6.45, 7) is 0. The van der Waals surface area contributed by atoms with Gasteiger partial charge in [0.25, 0.3) is 0 Å². The molecule has 1 aliphatic rings. The van der Waals surface area contributed by atoms with Crippen LogP contribution in [-0.4, -0.2) is 24.0 Å². The number of rotatable bonds is 3. The third kappa shape index (κ3) is 3.77. The second kappa shape index (κ2) is 7.98. The van der Waals surface area contributed by atoms with Crippen molar-refractivity contribution in [2.24, 2.45) is 4.99 Å². The van der Waals surface area contributed by atoms with Gasteiger partial charge in [0.1, 0.15) is 29.3 Å². The SMILES string of the molecule is COC(=O)C=Cc1ccc(C2N=C(NC#N)Nc3nc(N)c(C#N)c(N)c32)cc1. The average molecular weight is 388 g/mol. The van der Waals surface area contributed by atoms with Gasteiger partial charge in [-0.15, -0.1) is 0 Å². The van der Waals surface area contributed by atoms with Crippen molar-refractivity contribution in [3.8, 4) is 12.3 Å². The van der Waals surface area contributed by atoms with Gasteiger partial charge in [-0.25, -0.2) is 14.8 Å². The van der Waals surface area contributed by atoms with Crippen molar-refractivity contribution in [3.63, 3.8) is 0 Å². The van der Waals surface area contributed by atoms with Crippen LogP contribution in [0.25, 0.3) is 6.08 Å². The predicted octanol–water partition coefficient (Wildman–Crippen LogP) is 1.25. The zero-order chi connectivity index (χ0) is 21.0. The van der Waals surface area contributed by atoms with Crippen molar-refractivity contribution >= 4 is 35.3 Å². The van der Waals surface area contributed by atoms with Crippen LogP contribution < -0.4 is 22.1 Å². The molecule has 29 heavy (non-hydrogen) atoms. The molecule has 1 aliphatic heterocycles. The third-order valence-electron chi connectivity index (χ3n) is 4.22.